The minimum atomic E-state index is 0. The van der Waals surface area contributed by atoms with E-state index in [1.807, 2.05) is 25.1 Å². The SMILES string of the molecule is C[N-]c1[c-]cc(C)cc1.[V].[W]. The molecule has 1 aromatic carbocycles. The van der Waals surface area contributed by atoms with Crippen LogP contribution < -0.4 is 0 Å². The fraction of sp³-hybridized carbons (Fsp3) is 0.250. The van der Waals surface area contributed by atoms with Gasteiger partial charge in [-0.2, -0.15) is 29.8 Å². The third kappa shape index (κ3) is 4.68. The third-order valence-electron chi connectivity index (χ3n) is 1.19. The monoisotopic (exact) mass is 354 g/mol. The van der Waals surface area contributed by atoms with Crippen molar-refractivity contribution in [1.29, 1.82) is 0 Å². The van der Waals surface area contributed by atoms with Crippen molar-refractivity contribution >= 4 is 5.69 Å². The molecule has 0 N–H and O–H groups in total. The van der Waals surface area contributed by atoms with Crippen LogP contribution in [0.2, 0.25) is 0 Å². The Bertz CT molecular complexity index is 186. The molecule has 0 aromatic heterocycles. The second kappa shape index (κ2) is 6.97. The maximum atomic E-state index is 3.96. The zero-order valence-electron chi connectivity index (χ0n) is 6.53. The molecule has 1 aromatic rings. The van der Waals surface area contributed by atoms with E-state index >= 15 is 0 Å². The van der Waals surface area contributed by atoms with E-state index in [9.17, 15) is 0 Å². The maximum Gasteiger partial charge on any atom is 0 e. The van der Waals surface area contributed by atoms with Crippen LogP contribution in [0.1, 0.15) is 5.56 Å². The average Bonchev–Trinajstić information content (AvgIpc) is 1.90. The zero-order chi connectivity index (χ0) is 6.69. The van der Waals surface area contributed by atoms with Gasteiger partial charge in [0.1, 0.15) is 0 Å². The van der Waals surface area contributed by atoms with Crippen LogP contribution in [-0.2, 0) is 39.6 Å². The van der Waals surface area contributed by atoms with Crippen molar-refractivity contribution in [2.45, 2.75) is 6.92 Å². The standard InChI is InChI=1S/C8H9N.V.W/c1-7-3-5-8(9-2)6-4-7;;/h3-5H,1-2H3;;/q-2;;. The molecule has 0 saturated carbocycles. The molecule has 0 amide bonds. The first-order valence-corrected chi connectivity index (χ1v) is 2.91. The summed E-state index contributed by atoms with van der Waals surface area (Å²) < 4.78 is 0. The maximum absolute atomic E-state index is 3.96. The molecule has 1 nitrogen and oxygen atoms in total. The minimum absolute atomic E-state index is 0. The van der Waals surface area contributed by atoms with Crippen LogP contribution in [0.15, 0.2) is 18.2 Å². The Labute approximate surface area is 94.1 Å². The quantitative estimate of drug-likeness (QED) is 0.688. The molecule has 11 heavy (non-hydrogen) atoms. The largest absolute Gasteiger partial charge is 0.708 e. The summed E-state index contributed by atoms with van der Waals surface area (Å²) in [5, 5.41) is 3.96. The van der Waals surface area contributed by atoms with Gasteiger partial charge in [-0.1, -0.05) is 6.92 Å². The fourth-order valence-electron chi connectivity index (χ4n) is 0.633. The van der Waals surface area contributed by atoms with Gasteiger partial charge < -0.3 is 5.32 Å². The molecule has 0 aliphatic carbocycles. The summed E-state index contributed by atoms with van der Waals surface area (Å²) in [6, 6.07) is 8.93. The molecule has 0 aliphatic rings. The van der Waals surface area contributed by atoms with E-state index in [4.69, 9.17) is 0 Å². The van der Waals surface area contributed by atoms with Crippen molar-refractivity contribution in [3.05, 3.63) is 35.1 Å². The van der Waals surface area contributed by atoms with Crippen molar-refractivity contribution in [3.63, 3.8) is 0 Å². The number of aryl methyl sites for hydroxylation is 1. The Balaban J connectivity index is 0. The van der Waals surface area contributed by atoms with Gasteiger partial charge in [0.25, 0.3) is 0 Å². The minimum Gasteiger partial charge on any atom is -0.708 e. The molecule has 0 heterocycles. The van der Waals surface area contributed by atoms with E-state index in [1.54, 1.807) is 7.05 Å². The van der Waals surface area contributed by atoms with Crippen LogP contribution in [-0.4, -0.2) is 7.05 Å². The van der Waals surface area contributed by atoms with Gasteiger partial charge in [0.15, 0.2) is 0 Å². The van der Waals surface area contributed by atoms with E-state index < -0.39 is 0 Å². The molecule has 0 aliphatic heterocycles. The van der Waals surface area contributed by atoms with E-state index in [0.717, 1.165) is 5.69 Å². The zero-order valence-corrected chi connectivity index (χ0v) is 10.9. The first-order chi connectivity index (χ1) is 4.33. The van der Waals surface area contributed by atoms with Gasteiger partial charge in [0.2, 0.25) is 0 Å². The van der Waals surface area contributed by atoms with Gasteiger partial charge in [-0.05, 0) is 0 Å². The second-order valence-corrected chi connectivity index (χ2v) is 1.97. The Morgan fingerprint density at radius 1 is 1.36 bits per heavy atom. The van der Waals surface area contributed by atoms with E-state index in [0.29, 0.717) is 0 Å². The number of rotatable bonds is 1. The molecule has 1 radical (unpaired) electrons. The number of benzene rings is 1. The summed E-state index contributed by atoms with van der Waals surface area (Å²) in [6.45, 7) is 2.04. The molecule has 1 rings (SSSR count). The van der Waals surface area contributed by atoms with Crippen molar-refractivity contribution in [2.75, 3.05) is 7.05 Å². The molecule has 0 atom stereocenters. The molecule has 59 valence electrons. The van der Waals surface area contributed by atoms with E-state index in [2.05, 4.69) is 11.4 Å². The van der Waals surface area contributed by atoms with Crippen LogP contribution >= 0.6 is 0 Å². The summed E-state index contributed by atoms with van der Waals surface area (Å²) in [4.78, 5) is 0. The Morgan fingerprint density at radius 3 is 2.36 bits per heavy atom. The van der Waals surface area contributed by atoms with Crippen LogP contribution in [0.4, 0.5) is 5.69 Å². The summed E-state index contributed by atoms with van der Waals surface area (Å²) >= 11 is 0. The van der Waals surface area contributed by atoms with Gasteiger partial charge in [-0.15, -0.1) is 7.05 Å². The van der Waals surface area contributed by atoms with Crippen LogP contribution in [0.5, 0.6) is 0 Å². The Hall–Kier alpha value is 0.293. The Kier molecular flexibility index (Phi) is 8.78. The van der Waals surface area contributed by atoms with Crippen molar-refractivity contribution in [3.8, 4) is 0 Å². The van der Waals surface area contributed by atoms with E-state index in [1.165, 1.54) is 5.56 Å². The van der Waals surface area contributed by atoms with Gasteiger partial charge in [-0.25, -0.2) is 0 Å². The van der Waals surface area contributed by atoms with Crippen molar-refractivity contribution in [1.82, 2.24) is 0 Å². The molecule has 0 fully saturated rings. The predicted octanol–water partition coefficient (Wildman–Crippen LogP) is 2.43. The van der Waals surface area contributed by atoms with Gasteiger partial charge >= 0.3 is 0 Å². The van der Waals surface area contributed by atoms with Gasteiger partial charge in [0.05, 0.1) is 0 Å². The normalized spacial score (nSPS) is 7.45. The molecule has 0 unspecified atom stereocenters. The topological polar surface area (TPSA) is 14.1 Å². The van der Waals surface area contributed by atoms with Gasteiger partial charge in [0, 0.05) is 39.6 Å². The fourth-order valence-corrected chi connectivity index (χ4v) is 0.633. The van der Waals surface area contributed by atoms with Crippen molar-refractivity contribution < 1.29 is 39.6 Å². The van der Waals surface area contributed by atoms with Gasteiger partial charge in [-0.3, -0.25) is 5.69 Å². The van der Waals surface area contributed by atoms with Crippen LogP contribution in [0.25, 0.3) is 5.32 Å². The number of nitrogens with zero attached hydrogens (tertiary/aromatic N) is 1. The van der Waals surface area contributed by atoms with Crippen LogP contribution in [0.3, 0.4) is 0 Å². The van der Waals surface area contributed by atoms with E-state index in [-0.39, 0.29) is 39.6 Å². The summed E-state index contributed by atoms with van der Waals surface area (Å²) in [6.07, 6.45) is 0. The molecule has 0 bridgehead atoms. The average molecular weight is 354 g/mol. The molecule has 0 spiro atoms. The molecule has 3 heteroatoms. The molecular formula is C8H9NVW-2. The smallest absolute Gasteiger partial charge is 0 e. The molecule has 0 saturated heterocycles. The molecular weight excluding hydrogens is 345 g/mol. The summed E-state index contributed by atoms with van der Waals surface area (Å²) in [7, 11) is 1.77. The second-order valence-electron chi connectivity index (χ2n) is 1.97. The summed E-state index contributed by atoms with van der Waals surface area (Å²) in [5.74, 6) is 0. The van der Waals surface area contributed by atoms with Crippen LogP contribution in [0, 0.1) is 13.0 Å². The number of hydrogen-bond donors (Lipinski definition) is 0. The Morgan fingerprint density at radius 2 is 2.00 bits per heavy atom. The predicted molar refractivity (Wildman–Crippen MR) is 39.0 cm³/mol. The third-order valence-corrected chi connectivity index (χ3v) is 1.19. The summed E-state index contributed by atoms with van der Waals surface area (Å²) in [5.41, 5.74) is 2.14. The number of hydrogen-bond acceptors (Lipinski definition) is 0. The van der Waals surface area contributed by atoms with Crippen molar-refractivity contribution in [2.24, 2.45) is 0 Å². The first-order valence-electron chi connectivity index (χ1n) is 2.91. The first kappa shape index (κ1) is 13.9.